The van der Waals surface area contributed by atoms with Gasteiger partial charge in [-0.3, -0.25) is 0 Å². The van der Waals surface area contributed by atoms with Crippen molar-refractivity contribution in [3.8, 4) is 0 Å². The van der Waals surface area contributed by atoms with Crippen LogP contribution in [0.1, 0.15) is 51.6 Å². The first-order valence-corrected chi connectivity index (χ1v) is 7.99. The van der Waals surface area contributed by atoms with Gasteiger partial charge in [-0.25, -0.2) is 4.98 Å². The van der Waals surface area contributed by atoms with Gasteiger partial charge in [0.1, 0.15) is 5.82 Å². The van der Waals surface area contributed by atoms with Crippen LogP contribution in [-0.4, -0.2) is 29.6 Å². The molecule has 0 radical (unpaired) electrons. The Morgan fingerprint density at radius 1 is 1.21 bits per heavy atom. The highest BCUT2D eigenvalue weighted by molar-refractivity contribution is 9.10. The van der Waals surface area contributed by atoms with Crippen molar-refractivity contribution in [2.75, 3.05) is 29.9 Å². The van der Waals surface area contributed by atoms with Crippen molar-refractivity contribution >= 4 is 27.7 Å². The first kappa shape index (κ1) is 14.6. The van der Waals surface area contributed by atoms with E-state index in [1.54, 1.807) is 0 Å². The molecule has 1 fully saturated rings. The Kier molecular flexibility index (Phi) is 5.02. The second kappa shape index (κ2) is 6.55. The highest BCUT2D eigenvalue weighted by Crippen LogP contribution is 2.31. The number of piperidine rings is 1. The summed E-state index contributed by atoms with van der Waals surface area (Å²) in [4.78, 5) is 11.8. The molecule has 1 aliphatic rings. The summed E-state index contributed by atoms with van der Waals surface area (Å²) >= 11 is 3.64. The van der Waals surface area contributed by atoms with E-state index in [0.29, 0.717) is 5.92 Å². The number of rotatable bonds is 4. The smallest absolute Gasteiger partial charge is 0.227 e. The molecule has 0 atom stereocenters. The van der Waals surface area contributed by atoms with Gasteiger partial charge >= 0.3 is 0 Å². The molecule has 0 saturated carbocycles. The zero-order valence-electron chi connectivity index (χ0n) is 12.0. The lowest BCUT2D eigenvalue weighted by Crippen LogP contribution is -2.31. The number of hydrogen-bond donors (Lipinski definition) is 1. The van der Waals surface area contributed by atoms with Crippen LogP contribution in [0.3, 0.4) is 0 Å². The number of nitrogens with zero attached hydrogens (tertiary/aromatic N) is 3. The van der Waals surface area contributed by atoms with Gasteiger partial charge in [0.2, 0.25) is 5.95 Å². The predicted octanol–water partition coefficient (Wildman–Crippen LogP) is 3.78. The molecule has 1 saturated heterocycles. The Bertz CT molecular complexity index is 428. The van der Waals surface area contributed by atoms with Gasteiger partial charge in [-0.1, -0.05) is 13.8 Å². The predicted molar refractivity (Wildman–Crippen MR) is 84.0 cm³/mol. The molecule has 0 spiro atoms. The molecule has 0 amide bonds. The van der Waals surface area contributed by atoms with Crippen molar-refractivity contribution in [1.29, 1.82) is 0 Å². The monoisotopic (exact) mass is 326 g/mol. The third-order valence-electron chi connectivity index (χ3n) is 3.40. The maximum absolute atomic E-state index is 4.77. The minimum atomic E-state index is 0.387. The minimum Gasteiger partial charge on any atom is -0.369 e. The van der Waals surface area contributed by atoms with Crippen LogP contribution >= 0.6 is 15.9 Å². The van der Waals surface area contributed by atoms with Crippen LogP contribution in [0.25, 0.3) is 0 Å². The van der Waals surface area contributed by atoms with E-state index in [9.17, 15) is 0 Å². The van der Waals surface area contributed by atoms with Gasteiger partial charge in [0, 0.05) is 19.6 Å². The van der Waals surface area contributed by atoms with Gasteiger partial charge in [0.15, 0.2) is 0 Å². The van der Waals surface area contributed by atoms with Crippen molar-refractivity contribution in [2.24, 2.45) is 0 Å². The van der Waals surface area contributed by atoms with Crippen LogP contribution in [0.2, 0.25) is 0 Å². The summed E-state index contributed by atoms with van der Waals surface area (Å²) in [5.41, 5.74) is 1.09. The second-order valence-electron chi connectivity index (χ2n) is 5.30. The molecule has 5 heteroatoms. The van der Waals surface area contributed by atoms with Crippen LogP contribution in [0.4, 0.5) is 11.8 Å². The fourth-order valence-corrected chi connectivity index (χ4v) is 3.13. The molecule has 2 rings (SSSR count). The molecule has 1 N–H and O–H groups in total. The summed E-state index contributed by atoms with van der Waals surface area (Å²) in [6, 6.07) is 0. The van der Waals surface area contributed by atoms with Crippen molar-refractivity contribution in [2.45, 2.75) is 46.0 Å². The normalized spacial score (nSPS) is 15.9. The molecule has 0 unspecified atom stereocenters. The van der Waals surface area contributed by atoms with Gasteiger partial charge in [-0.15, -0.1) is 0 Å². The van der Waals surface area contributed by atoms with Crippen LogP contribution in [0.15, 0.2) is 4.47 Å². The Labute approximate surface area is 124 Å². The molecule has 1 aliphatic heterocycles. The lowest BCUT2D eigenvalue weighted by atomic mass is 10.1. The van der Waals surface area contributed by atoms with Gasteiger partial charge in [0.25, 0.3) is 0 Å². The minimum absolute atomic E-state index is 0.387. The van der Waals surface area contributed by atoms with Crippen molar-refractivity contribution < 1.29 is 0 Å². The van der Waals surface area contributed by atoms with Gasteiger partial charge in [-0.2, -0.15) is 4.98 Å². The van der Waals surface area contributed by atoms with E-state index in [4.69, 9.17) is 4.98 Å². The van der Waals surface area contributed by atoms with Crippen LogP contribution in [-0.2, 0) is 0 Å². The summed E-state index contributed by atoms with van der Waals surface area (Å²) in [7, 11) is 0. The number of anilines is 2. The van der Waals surface area contributed by atoms with Crippen LogP contribution in [0.5, 0.6) is 0 Å². The number of halogens is 1. The Hall–Kier alpha value is -0.840. The number of hydrogen-bond acceptors (Lipinski definition) is 4. The second-order valence-corrected chi connectivity index (χ2v) is 6.10. The highest BCUT2D eigenvalue weighted by atomic mass is 79.9. The molecule has 4 nitrogen and oxygen atoms in total. The largest absolute Gasteiger partial charge is 0.369 e. The lowest BCUT2D eigenvalue weighted by molar-refractivity contribution is 0.566. The quantitative estimate of drug-likeness (QED) is 0.914. The third-order valence-corrected chi connectivity index (χ3v) is 4.18. The summed E-state index contributed by atoms with van der Waals surface area (Å²) in [6.07, 6.45) is 3.81. The number of aromatic nitrogens is 2. The van der Waals surface area contributed by atoms with Crippen molar-refractivity contribution in [3.05, 3.63) is 10.2 Å². The standard InChI is InChI=1S/C14H23BrN4/c1-4-16-13-11(15)12(10(2)3)17-14(18-13)19-8-6-5-7-9-19/h10H,4-9H2,1-3H3,(H,16,17,18). The fraction of sp³-hybridized carbons (Fsp3) is 0.714. The molecule has 19 heavy (non-hydrogen) atoms. The van der Waals surface area contributed by atoms with E-state index in [0.717, 1.165) is 41.6 Å². The molecule has 0 bridgehead atoms. The topological polar surface area (TPSA) is 41.1 Å². The zero-order valence-corrected chi connectivity index (χ0v) is 13.6. The average molecular weight is 327 g/mol. The maximum atomic E-state index is 4.77. The Morgan fingerprint density at radius 2 is 1.89 bits per heavy atom. The molecule has 0 aliphatic carbocycles. The third kappa shape index (κ3) is 3.38. The fourth-order valence-electron chi connectivity index (χ4n) is 2.35. The first-order chi connectivity index (χ1) is 9.13. The summed E-state index contributed by atoms with van der Waals surface area (Å²) in [5, 5.41) is 3.33. The molecule has 1 aromatic rings. The maximum Gasteiger partial charge on any atom is 0.227 e. The summed E-state index contributed by atoms with van der Waals surface area (Å²) in [5.74, 6) is 2.18. The molecule has 1 aromatic heterocycles. The number of nitrogens with one attached hydrogen (secondary N) is 1. The van der Waals surface area contributed by atoms with Crippen molar-refractivity contribution in [1.82, 2.24) is 9.97 Å². The van der Waals surface area contributed by atoms with E-state index >= 15 is 0 Å². The van der Waals surface area contributed by atoms with E-state index in [1.807, 2.05) is 0 Å². The summed E-state index contributed by atoms with van der Waals surface area (Å²) in [6.45, 7) is 9.44. The average Bonchev–Trinajstić information content (AvgIpc) is 2.42. The Morgan fingerprint density at radius 3 is 2.47 bits per heavy atom. The molecular weight excluding hydrogens is 304 g/mol. The van der Waals surface area contributed by atoms with Crippen LogP contribution in [0, 0.1) is 0 Å². The van der Waals surface area contributed by atoms with E-state index in [-0.39, 0.29) is 0 Å². The van der Waals surface area contributed by atoms with Gasteiger partial charge in [0.05, 0.1) is 10.2 Å². The zero-order chi connectivity index (χ0) is 13.8. The van der Waals surface area contributed by atoms with Gasteiger partial charge < -0.3 is 10.2 Å². The highest BCUT2D eigenvalue weighted by Gasteiger charge is 2.19. The van der Waals surface area contributed by atoms with E-state index in [1.165, 1.54) is 19.3 Å². The van der Waals surface area contributed by atoms with E-state index in [2.05, 4.69) is 51.9 Å². The molecule has 0 aromatic carbocycles. The Balaban J connectivity index is 2.36. The molecule has 106 valence electrons. The SMILES string of the molecule is CCNc1nc(N2CCCCC2)nc(C(C)C)c1Br. The first-order valence-electron chi connectivity index (χ1n) is 7.19. The molecular formula is C14H23BrN4. The van der Waals surface area contributed by atoms with E-state index < -0.39 is 0 Å². The lowest BCUT2D eigenvalue weighted by Gasteiger charge is -2.28. The van der Waals surface area contributed by atoms with Crippen LogP contribution < -0.4 is 10.2 Å². The summed E-state index contributed by atoms with van der Waals surface area (Å²) < 4.78 is 1.00. The molecule has 2 heterocycles. The van der Waals surface area contributed by atoms with Crippen molar-refractivity contribution in [3.63, 3.8) is 0 Å². The van der Waals surface area contributed by atoms with Gasteiger partial charge in [-0.05, 0) is 48.0 Å².